The molecule has 0 aromatic carbocycles. The molecular formula is C6H9NO5. The summed E-state index contributed by atoms with van der Waals surface area (Å²) in [5.41, 5.74) is 0. The molecule has 0 rings (SSSR count). The molecule has 68 valence electrons. The van der Waals surface area contributed by atoms with Crippen LogP contribution < -0.4 is 0 Å². The number of nitrogens with zero attached hydrogens (tertiary/aromatic N) is 1. The number of hydrogen-bond acceptors (Lipinski definition) is 5. The Labute approximate surface area is 69.0 Å². The van der Waals surface area contributed by atoms with Gasteiger partial charge in [0.25, 0.3) is 0 Å². The molecule has 0 aliphatic carbocycles. The number of methoxy groups -OCH3 is 1. The maximum absolute atomic E-state index is 10.7. The molecule has 0 saturated carbocycles. The van der Waals surface area contributed by atoms with Gasteiger partial charge >= 0.3 is 12.2 Å². The quantitative estimate of drug-likeness (QED) is 0.567. The second-order valence-electron chi connectivity index (χ2n) is 1.64. The van der Waals surface area contributed by atoms with Crippen LogP contribution in [0.15, 0.2) is 0 Å². The number of rotatable bonds is 2. The summed E-state index contributed by atoms with van der Waals surface area (Å²) < 4.78 is 8.50. The first-order chi connectivity index (χ1) is 5.67. The van der Waals surface area contributed by atoms with Crippen molar-refractivity contribution in [2.24, 2.45) is 0 Å². The van der Waals surface area contributed by atoms with Crippen LogP contribution >= 0.6 is 0 Å². The molecule has 0 bridgehead atoms. The molecule has 0 N–H and O–H groups in total. The summed E-state index contributed by atoms with van der Waals surface area (Å²) in [5, 5.41) is 0. The van der Waals surface area contributed by atoms with Gasteiger partial charge < -0.3 is 9.47 Å². The van der Waals surface area contributed by atoms with E-state index in [0.29, 0.717) is 0 Å². The monoisotopic (exact) mass is 175 g/mol. The maximum Gasteiger partial charge on any atom is 0.426 e. The van der Waals surface area contributed by atoms with Crippen molar-refractivity contribution in [1.29, 1.82) is 0 Å². The summed E-state index contributed by atoms with van der Waals surface area (Å²) >= 11 is 0. The molecule has 0 aliphatic heterocycles. The number of imide groups is 3. The summed E-state index contributed by atoms with van der Waals surface area (Å²) in [4.78, 5) is 31.7. The normalized spacial score (nSPS) is 8.50. The second-order valence-corrected chi connectivity index (χ2v) is 1.64. The van der Waals surface area contributed by atoms with E-state index in [1.54, 1.807) is 6.92 Å². The Morgan fingerprint density at radius 2 is 2.00 bits per heavy atom. The summed E-state index contributed by atoms with van der Waals surface area (Å²) in [5.74, 6) is 0. The van der Waals surface area contributed by atoms with Crippen LogP contribution in [0.3, 0.4) is 0 Å². The van der Waals surface area contributed by atoms with E-state index >= 15 is 0 Å². The van der Waals surface area contributed by atoms with E-state index in [2.05, 4.69) is 9.47 Å². The number of carbonyl (C=O) groups is 3. The van der Waals surface area contributed by atoms with Gasteiger partial charge in [-0.3, -0.25) is 4.79 Å². The zero-order chi connectivity index (χ0) is 9.56. The lowest BCUT2D eigenvalue weighted by atomic mass is 10.8. The fraction of sp³-hybridized carbons (Fsp3) is 0.500. The van der Waals surface area contributed by atoms with Crippen molar-refractivity contribution < 1.29 is 23.9 Å². The largest absolute Gasteiger partial charge is 0.452 e. The van der Waals surface area contributed by atoms with Gasteiger partial charge in [-0.05, 0) is 6.92 Å². The first kappa shape index (κ1) is 10.4. The Hall–Kier alpha value is -1.59. The number of hydrogen-bond donors (Lipinski definition) is 0. The van der Waals surface area contributed by atoms with E-state index in [1.165, 1.54) is 0 Å². The molecule has 0 atom stereocenters. The van der Waals surface area contributed by atoms with E-state index < -0.39 is 12.2 Å². The van der Waals surface area contributed by atoms with Crippen molar-refractivity contribution >= 4 is 18.6 Å². The molecule has 12 heavy (non-hydrogen) atoms. The van der Waals surface area contributed by atoms with E-state index in [1.807, 2.05) is 0 Å². The van der Waals surface area contributed by atoms with Crippen LogP contribution in [0.2, 0.25) is 0 Å². The molecule has 0 fully saturated rings. The summed E-state index contributed by atoms with van der Waals surface area (Å²) in [7, 11) is 1.05. The predicted molar refractivity (Wildman–Crippen MR) is 37.3 cm³/mol. The standard InChI is InChI=1S/C6H9NO5/c1-3-12-6(10)7(4-8)5(9)11-2/h4H,3H2,1-2H3. The van der Waals surface area contributed by atoms with E-state index in [0.717, 1.165) is 7.11 Å². The molecule has 0 saturated heterocycles. The molecule has 0 heterocycles. The molecule has 0 aliphatic rings. The van der Waals surface area contributed by atoms with Crippen LogP contribution in [0, 0.1) is 0 Å². The van der Waals surface area contributed by atoms with Crippen LogP contribution in [0.5, 0.6) is 0 Å². The Balaban J connectivity index is 4.23. The van der Waals surface area contributed by atoms with Gasteiger partial charge in [0, 0.05) is 0 Å². The average Bonchev–Trinajstić information content (AvgIpc) is 2.06. The SMILES string of the molecule is CCOC(=O)N(C=O)C(=O)OC. The summed E-state index contributed by atoms with van der Waals surface area (Å²) in [6.45, 7) is 1.64. The molecule has 0 aromatic rings. The fourth-order valence-corrected chi connectivity index (χ4v) is 0.452. The zero-order valence-corrected chi connectivity index (χ0v) is 6.77. The minimum Gasteiger partial charge on any atom is -0.452 e. The van der Waals surface area contributed by atoms with Gasteiger partial charge in [0.1, 0.15) is 0 Å². The summed E-state index contributed by atoms with van der Waals surface area (Å²) in [6.07, 6.45) is -2.08. The molecule has 0 radical (unpaired) electrons. The molecule has 0 unspecified atom stereocenters. The second kappa shape index (κ2) is 5.11. The fourth-order valence-electron chi connectivity index (χ4n) is 0.452. The van der Waals surface area contributed by atoms with Crippen molar-refractivity contribution in [1.82, 2.24) is 4.90 Å². The Kier molecular flexibility index (Phi) is 4.43. The zero-order valence-electron chi connectivity index (χ0n) is 6.77. The van der Waals surface area contributed by atoms with Crippen molar-refractivity contribution in [3.05, 3.63) is 0 Å². The molecule has 0 spiro atoms. The van der Waals surface area contributed by atoms with Crippen LogP contribution in [-0.2, 0) is 14.3 Å². The van der Waals surface area contributed by atoms with Gasteiger partial charge in [-0.15, -0.1) is 4.90 Å². The third-order valence-corrected chi connectivity index (χ3v) is 0.941. The highest BCUT2D eigenvalue weighted by Gasteiger charge is 2.22. The van der Waals surface area contributed by atoms with E-state index in [-0.39, 0.29) is 17.9 Å². The molecule has 3 amide bonds. The topological polar surface area (TPSA) is 72.9 Å². The Morgan fingerprint density at radius 1 is 1.42 bits per heavy atom. The number of ether oxygens (including phenoxy) is 2. The van der Waals surface area contributed by atoms with Gasteiger partial charge in [-0.25, -0.2) is 9.59 Å². The van der Waals surface area contributed by atoms with Gasteiger partial charge in [-0.2, -0.15) is 0 Å². The van der Waals surface area contributed by atoms with E-state index in [4.69, 9.17) is 0 Å². The minimum absolute atomic E-state index is 0.0316. The molecular weight excluding hydrogens is 166 g/mol. The van der Waals surface area contributed by atoms with Crippen molar-refractivity contribution in [3.63, 3.8) is 0 Å². The first-order valence-electron chi connectivity index (χ1n) is 3.16. The van der Waals surface area contributed by atoms with Gasteiger partial charge in [0.2, 0.25) is 6.41 Å². The Morgan fingerprint density at radius 3 is 2.33 bits per heavy atom. The van der Waals surface area contributed by atoms with Crippen molar-refractivity contribution in [2.75, 3.05) is 13.7 Å². The van der Waals surface area contributed by atoms with Gasteiger partial charge in [0.15, 0.2) is 0 Å². The van der Waals surface area contributed by atoms with Crippen LogP contribution in [0.25, 0.3) is 0 Å². The van der Waals surface area contributed by atoms with Crippen molar-refractivity contribution in [3.8, 4) is 0 Å². The smallest absolute Gasteiger partial charge is 0.426 e. The van der Waals surface area contributed by atoms with Crippen molar-refractivity contribution in [2.45, 2.75) is 6.92 Å². The van der Waals surface area contributed by atoms with Crippen LogP contribution in [0.4, 0.5) is 9.59 Å². The molecule has 6 heteroatoms. The number of carbonyl (C=O) groups excluding carboxylic acids is 3. The molecule has 0 aromatic heterocycles. The highest BCUT2D eigenvalue weighted by Crippen LogP contribution is 1.93. The molecule has 6 nitrogen and oxygen atoms in total. The summed E-state index contributed by atoms with van der Waals surface area (Å²) in [6, 6.07) is 0. The lowest BCUT2D eigenvalue weighted by Gasteiger charge is -2.10. The third kappa shape index (κ3) is 2.57. The minimum atomic E-state index is -1.07. The van der Waals surface area contributed by atoms with Crippen LogP contribution in [0.1, 0.15) is 6.92 Å². The van der Waals surface area contributed by atoms with E-state index in [9.17, 15) is 14.4 Å². The van der Waals surface area contributed by atoms with Crippen LogP contribution in [-0.4, -0.2) is 37.2 Å². The lowest BCUT2D eigenvalue weighted by Crippen LogP contribution is -2.35. The third-order valence-electron chi connectivity index (χ3n) is 0.941. The highest BCUT2D eigenvalue weighted by molar-refractivity contribution is 5.98. The first-order valence-corrected chi connectivity index (χ1v) is 3.16. The number of amides is 3. The lowest BCUT2D eigenvalue weighted by molar-refractivity contribution is -0.115. The van der Waals surface area contributed by atoms with Gasteiger partial charge in [0.05, 0.1) is 13.7 Å². The Bertz CT molecular complexity index is 190. The maximum atomic E-state index is 10.7. The predicted octanol–water partition coefficient (Wildman–Crippen LogP) is 0.368. The average molecular weight is 175 g/mol. The van der Waals surface area contributed by atoms with Gasteiger partial charge in [-0.1, -0.05) is 0 Å². The highest BCUT2D eigenvalue weighted by atomic mass is 16.6.